The molecule has 0 aliphatic rings. The second kappa shape index (κ2) is 10.6. The number of carbonyl (C=O) groups is 2. The first-order valence-corrected chi connectivity index (χ1v) is 8.73. The number of ether oxygens (including phenoxy) is 2. The predicted molar refractivity (Wildman–Crippen MR) is 101 cm³/mol. The number of hydrogen-bond donors (Lipinski definition) is 0. The molecular weight excluding hydrogens is 446 g/mol. The van der Waals surface area contributed by atoms with Gasteiger partial charge >= 0.3 is 24.7 Å². The van der Waals surface area contributed by atoms with E-state index in [1.54, 1.807) is 0 Å². The number of alkyl halides is 6. The summed E-state index contributed by atoms with van der Waals surface area (Å²) in [5, 5.41) is 0. The van der Waals surface area contributed by atoms with Gasteiger partial charge in [0.1, 0.15) is 0 Å². The Morgan fingerprint density at radius 3 is 1.25 bits per heavy atom. The first-order chi connectivity index (χ1) is 14.9. The van der Waals surface area contributed by atoms with Gasteiger partial charge in [-0.15, -0.1) is 26.3 Å². The molecule has 2 aromatic rings. The topological polar surface area (TPSA) is 77.3 Å². The molecule has 0 aliphatic heterocycles. The number of hydrogen-bond acceptors (Lipinski definition) is 6. The van der Waals surface area contributed by atoms with Crippen molar-refractivity contribution in [2.75, 3.05) is 13.1 Å². The zero-order valence-corrected chi connectivity index (χ0v) is 16.0. The van der Waals surface area contributed by atoms with Gasteiger partial charge < -0.3 is 9.47 Å². The van der Waals surface area contributed by atoms with E-state index in [1.165, 1.54) is 61.0 Å². The summed E-state index contributed by atoms with van der Waals surface area (Å²) in [7, 11) is 0. The Bertz CT molecular complexity index is 900. The van der Waals surface area contributed by atoms with Crippen molar-refractivity contribution in [1.29, 1.82) is 0 Å². The van der Waals surface area contributed by atoms with Gasteiger partial charge in [0.25, 0.3) is 0 Å². The van der Waals surface area contributed by atoms with Crippen LogP contribution in [-0.2, 0) is 9.47 Å². The summed E-state index contributed by atoms with van der Waals surface area (Å²) in [4.78, 5) is 30.7. The molecule has 0 amide bonds. The number of benzene rings is 2. The zero-order chi connectivity index (χ0) is 23.8. The number of halogens is 6. The van der Waals surface area contributed by atoms with Crippen LogP contribution >= 0.6 is 0 Å². The average Bonchev–Trinajstić information content (AvgIpc) is 2.69. The van der Waals surface area contributed by atoms with Gasteiger partial charge in [0.2, 0.25) is 0 Å². The lowest BCUT2D eigenvalue weighted by atomic mass is 10.1. The van der Waals surface area contributed by atoms with Crippen LogP contribution in [0.5, 0.6) is 0 Å². The Balaban J connectivity index is 1.79. The van der Waals surface area contributed by atoms with Crippen molar-refractivity contribution >= 4 is 24.4 Å². The van der Waals surface area contributed by atoms with Crippen LogP contribution < -0.4 is 0 Å². The standard InChI is InChI=1S/C20H14F6N2O4/c21-19(22,23)31-17(29)15-5-1-13(2-6-15)11-27-9-10-28-12-14-3-7-16(8-4-14)18(30)32-20(24,25)26/h1-8,11-12H,9-10H2/b27-11+,28-12+. The molecule has 0 atom stereocenters. The molecule has 0 radical (unpaired) electrons. The quantitative estimate of drug-likeness (QED) is 0.262. The third kappa shape index (κ3) is 8.98. The second-order valence-corrected chi connectivity index (χ2v) is 5.99. The van der Waals surface area contributed by atoms with E-state index in [2.05, 4.69) is 19.5 Å². The van der Waals surface area contributed by atoms with Gasteiger partial charge in [0.15, 0.2) is 0 Å². The molecule has 0 bridgehead atoms. The van der Waals surface area contributed by atoms with E-state index in [4.69, 9.17) is 0 Å². The fraction of sp³-hybridized carbons (Fsp3) is 0.200. The Hall–Kier alpha value is -3.70. The second-order valence-electron chi connectivity index (χ2n) is 5.99. The minimum absolute atomic E-state index is 0.262. The SMILES string of the molecule is O=C(OC(F)(F)F)c1ccc(/C=N/CC/N=C/c2ccc(C(=O)OC(F)(F)F)cc2)cc1. The molecule has 2 aromatic carbocycles. The maximum absolute atomic E-state index is 12.0. The molecule has 0 spiro atoms. The van der Waals surface area contributed by atoms with Crippen molar-refractivity contribution in [3.8, 4) is 0 Å². The van der Waals surface area contributed by atoms with E-state index in [0.717, 1.165) is 0 Å². The van der Waals surface area contributed by atoms with E-state index >= 15 is 0 Å². The number of rotatable bonds is 7. The highest BCUT2D eigenvalue weighted by molar-refractivity contribution is 5.91. The lowest BCUT2D eigenvalue weighted by molar-refractivity contribution is -0.293. The number of aliphatic imine (C=N–C) groups is 2. The van der Waals surface area contributed by atoms with E-state index < -0.39 is 24.7 Å². The predicted octanol–water partition coefficient (Wildman–Crippen LogP) is 4.58. The number of nitrogens with zero attached hydrogens (tertiary/aromatic N) is 2. The molecule has 12 heteroatoms. The van der Waals surface area contributed by atoms with Crippen LogP contribution in [0.3, 0.4) is 0 Å². The highest BCUT2D eigenvalue weighted by Gasteiger charge is 2.35. The first-order valence-electron chi connectivity index (χ1n) is 8.73. The monoisotopic (exact) mass is 460 g/mol. The van der Waals surface area contributed by atoms with Crippen LogP contribution in [0.1, 0.15) is 31.8 Å². The molecule has 0 aromatic heterocycles. The van der Waals surface area contributed by atoms with Gasteiger partial charge in [-0.25, -0.2) is 9.59 Å². The lowest BCUT2D eigenvalue weighted by Gasteiger charge is -2.07. The summed E-state index contributed by atoms with van der Waals surface area (Å²) >= 11 is 0. The lowest BCUT2D eigenvalue weighted by Crippen LogP contribution is -2.19. The van der Waals surface area contributed by atoms with Crippen LogP contribution in [0.2, 0.25) is 0 Å². The Labute approximate surface area is 177 Å². The Morgan fingerprint density at radius 2 is 0.969 bits per heavy atom. The molecule has 6 nitrogen and oxygen atoms in total. The van der Waals surface area contributed by atoms with E-state index in [0.29, 0.717) is 11.1 Å². The third-order valence-electron chi connectivity index (χ3n) is 3.55. The number of esters is 2. The Kier molecular flexibility index (Phi) is 8.10. The van der Waals surface area contributed by atoms with Crippen molar-refractivity contribution in [2.24, 2.45) is 9.98 Å². The van der Waals surface area contributed by atoms with Gasteiger partial charge in [-0.3, -0.25) is 9.98 Å². The average molecular weight is 460 g/mol. The molecule has 0 fully saturated rings. The highest BCUT2D eigenvalue weighted by Crippen LogP contribution is 2.19. The summed E-state index contributed by atoms with van der Waals surface area (Å²) in [6, 6.07) is 10.2. The van der Waals surface area contributed by atoms with E-state index in [-0.39, 0.29) is 24.2 Å². The Morgan fingerprint density at radius 1 is 0.656 bits per heavy atom. The molecule has 32 heavy (non-hydrogen) atoms. The van der Waals surface area contributed by atoms with Crippen LogP contribution in [0.25, 0.3) is 0 Å². The molecule has 0 aliphatic carbocycles. The molecule has 0 heterocycles. The van der Waals surface area contributed by atoms with Crippen molar-refractivity contribution in [3.05, 3.63) is 70.8 Å². The van der Waals surface area contributed by atoms with Gasteiger partial charge in [-0.1, -0.05) is 24.3 Å². The minimum atomic E-state index is -5.06. The summed E-state index contributed by atoms with van der Waals surface area (Å²) < 4.78 is 78.7. The molecule has 0 unspecified atom stereocenters. The van der Waals surface area contributed by atoms with Gasteiger partial charge in [-0.05, 0) is 35.4 Å². The minimum Gasteiger partial charge on any atom is -0.369 e. The van der Waals surface area contributed by atoms with Crippen molar-refractivity contribution in [2.45, 2.75) is 12.7 Å². The fourth-order valence-corrected chi connectivity index (χ4v) is 2.19. The smallest absolute Gasteiger partial charge is 0.369 e. The molecule has 2 rings (SSSR count). The fourth-order valence-electron chi connectivity index (χ4n) is 2.19. The molecule has 0 saturated heterocycles. The first kappa shape index (κ1) is 24.6. The molecule has 170 valence electrons. The zero-order valence-electron chi connectivity index (χ0n) is 16.0. The van der Waals surface area contributed by atoms with Crippen LogP contribution in [0.4, 0.5) is 26.3 Å². The van der Waals surface area contributed by atoms with Gasteiger partial charge in [0.05, 0.1) is 24.2 Å². The van der Waals surface area contributed by atoms with Crippen molar-refractivity contribution in [1.82, 2.24) is 0 Å². The number of carbonyl (C=O) groups excluding carboxylic acids is 2. The maximum atomic E-state index is 12.0. The van der Waals surface area contributed by atoms with Crippen LogP contribution in [-0.4, -0.2) is 50.2 Å². The summed E-state index contributed by atoms with van der Waals surface area (Å²) in [5.41, 5.74) is 0.557. The van der Waals surface area contributed by atoms with Crippen molar-refractivity contribution < 1.29 is 45.4 Å². The molecule has 0 N–H and O–H groups in total. The summed E-state index contributed by atoms with van der Waals surface area (Å²) in [5.74, 6) is -3.03. The summed E-state index contributed by atoms with van der Waals surface area (Å²) in [6.45, 7) is 0.536. The third-order valence-corrected chi connectivity index (χ3v) is 3.55. The van der Waals surface area contributed by atoms with E-state index in [1.807, 2.05) is 0 Å². The normalized spacial score (nSPS) is 12.3. The van der Waals surface area contributed by atoms with E-state index in [9.17, 15) is 35.9 Å². The summed E-state index contributed by atoms with van der Waals surface area (Å²) in [6.07, 6.45) is -7.23. The van der Waals surface area contributed by atoms with Crippen LogP contribution in [0.15, 0.2) is 58.5 Å². The maximum Gasteiger partial charge on any atom is 0.575 e. The highest BCUT2D eigenvalue weighted by atomic mass is 19.4. The van der Waals surface area contributed by atoms with Gasteiger partial charge in [-0.2, -0.15) is 0 Å². The molecular formula is C20H14F6N2O4. The van der Waals surface area contributed by atoms with Crippen molar-refractivity contribution in [3.63, 3.8) is 0 Å². The van der Waals surface area contributed by atoms with Crippen LogP contribution in [0, 0.1) is 0 Å². The van der Waals surface area contributed by atoms with Gasteiger partial charge in [0, 0.05) is 12.4 Å². The molecule has 0 saturated carbocycles. The largest absolute Gasteiger partial charge is 0.575 e.